The molecule has 1 aromatic heterocycles. The van der Waals surface area contributed by atoms with Crippen LogP contribution in [-0.4, -0.2) is 14.8 Å². The average molecular weight is 224 g/mol. The summed E-state index contributed by atoms with van der Waals surface area (Å²) in [5.74, 6) is 1.44. The predicted octanol–water partition coefficient (Wildman–Crippen LogP) is 2.35. The van der Waals surface area contributed by atoms with E-state index >= 15 is 0 Å². The molecule has 3 rings (SSSR count). The van der Waals surface area contributed by atoms with E-state index in [9.17, 15) is 0 Å². The lowest BCUT2D eigenvalue weighted by Crippen LogP contribution is -2.15. The summed E-state index contributed by atoms with van der Waals surface area (Å²) < 4.78 is 1.87. The second-order valence-electron chi connectivity index (χ2n) is 4.21. The van der Waals surface area contributed by atoms with Crippen LogP contribution in [0.4, 0.5) is 0 Å². The van der Waals surface area contributed by atoms with Crippen molar-refractivity contribution in [2.24, 2.45) is 0 Å². The van der Waals surface area contributed by atoms with Crippen molar-refractivity contribution in [2.45, 2.75) is 25.3 Å². The Morgan fingerprint density at radius 3 is 2.88 bits per heavy atom. The van der Waals surface area contributed by atoms with Gasteiger partial charge in [0.1, 0.15) is 11.7 Å². The van der Waals surface area contributed by atoms with Crippen LogP contribution in [0.3, 0.4) is 0 Å². The van der Waals surface area contributed by atoms with Crippen molar-refractivity contribution in [3.8, 4) is 17.5 Å². The third kappa shape index (κ3) is 1.70. The molecule has 0 N–H and O–H groups in total. The Kier molecular flexibility index (Phi) is 2.37. The van der Waals surface area contributed by atoms with Gasteiger partial charge in [-0.1, -0.05) is 30.3 Å². The summed E-state index contributed by atoms with van der Waals surface area (Å²) in [4.78, 5) is 4.50. The zero-order valence-corrected chi connectivity index (χ0v) is 9.37. The minimum Gasteiger partial charge on any atom is -0.248 e. The first-order valence-electron chi connectivity index (χ1n) is 5.78. The monoisotopic (exact) mass is 224 g/mol. The number of benzene rings is 1. The second-order valence-corrected chi connectivity index (χ2v) is 4.21. The van der Waals surface area contributed by atoms with Crippen LogP contribution in [0.2, 0.25) is 0 Å². The number of aromatic nitrogens is 3. The van der Waals surface area contributed by atoms with E-state index in [1.54, 1.807) is 0 Å². The fourth-order valence-corrected chi connectivity index (χ4v) is 2.18. The first kappa shape index (κ1) is 10.0. The molecular formula is C13H12N4. The van der Waals surface area contributed by atoms with Crippen LogP contribution in [0.15, 0.2) is 30.3 Å². The number of nitriles is 1. The van der Waals surface area contributed by atoms with E-state index in [1.165, 1.54) is 0 Å². The Morgan fingerprint density at radius 2 is 2.12 bits per heavy atom. The van der Waals surface area contributed by atoms with Gasteiger partial charge in [0.15, 0.2) is 5.82 Å². The Balaban J connectivity index is 2.05. The van der Waals surface area contributed by atoms with Crippen molar-refractivity contribution in [3.05, 3.63) is 36.2 Å². The van der Waals surface area contributed by atoms with Crippen LogP contribution in [-0.2, 0) is 6.54 Å². The molecule has 0 aliphatic carbocycles. The van der Waals surface area contributed by atoms with Gasteiger partial charge in [-0.05, 0) is 12.8 Å². The van der Waals surface area contributed by atoms with Crippen LogP contribution in [0, 0.1) is 11.3 Å². The molecule has 0 radical (unpaired) electrons. The van der Waals surface area contributed by atoms with Crippen molar-refractivity contribution in [1.82, 2.24) is 14.8 Å². The Bertz CT molecular complexity index is 565. The van der Waals surface area contributed by atoms with Crippen molar-refractivity contribution >= 4 is 0 Å². The Morgan fingerprint density at radius 1 is 1.29 bits per heavy atom. The SMILES string of the molecule is N#CC1CCCn2nc(-c3ccccc3)nc21. The summed E-state index contributed by atoms with van der Waals surface area (Å²) in [5.41, 5.74) is 1.01. The molecule has 1 aliphatic heterocycles. The average Bonchev–Trinajstić information content (AvgIpc) is 2.83. The van der Waals surface area contributed by atoms with E-state index < -0.39 is 0 Å². The number of hydrogen-bond acceptors (Lipinski definition) is 3. The van der Waals surface area contributed by atoms with Crippen molar-refractivity contribution < 1.29 is 0 Å². The largest absolute Gasteiger partial charge is 0.248 e. The van der Waals surface area contributed by atoms with Gasteiger partial charge in [0.05, 0.1) is 6.07 Å². The zero-order valence-electron chi connectivity index (χ0n) is 9.37. The van der Waals surface area contributed by atoms with Gasteiger partial charge in [-0.3, -0.25) is 0 Å². The molecule has 1 atom stereocenters. The van der Waals surface area contributed by atoms with Gasteiger partial charge in [-0.25, -0.2) is 9.67 Å². The molecule has 0 saturated carbocycles. The van der Waals surface area contributed by atoms with Gasteiger partial charge >= 0.3 is 0 Å². The molecule has 1 aliphatic rings. The second kappa shape index (κ2) is 4.02. The van der Waals surface area contributed by atoms with Crippen molar-refractivity contribution in [1.29, 1.82) is 5.26 Å². The lowest BCUT2D eigenvalue weighted by molar-refractivity contribution is 0.456. The van der Waals surface area contributed by atoms with Gasteiger partial charge in [0.2, 0.25) is 0 Å². The van der Waals surface area contributed by atoms with Gasteiger partial charge in [-0.15, -0.1) is 0 Å². The normalized spacial score (nSPS) is 18.4. The van der Waals surface area contributed by atoms with E-state index in [2.05, 4.69) is 16.2 Å². The summed E-state index contributed by atoms with van der Waals surface area (Å²) in [7, 11) is 0. The van der Waals surface area contributed by atoms with E-state index in [1.807, 2.05) is 35.0 Å². The van der Waals surface area contributed by atoms with Crippen LogP contribution in [0.1, 0.15) is 24.6 Å². The molecule has 17 heavy (non-hydrogen) atoms. The van der Waals surface area contributed by atoms with Gasteiger partial charge in [0.25, 0.3) is 0 Å². The maximum Gasteiger partial charge on any atom is 0.181 e. The van der Waals surface area contributed by atoms with E-state index in [-0.39, 0.29) is 5.92 Å². The van der Waals surface area contributed by atoms with Crippen LogP contribution in [0.25, 0.3) is 11.4 Å². The Labute approximate surface area is 99.5 Å². The summed E-state index contributed by atoms with van der Waals surface area (Å²) in [6, 6.07) is 12.2. The van der Waals surface area contributed by atoms with Gasteiger partial charge < -0.3 is 0 Å². The van der Waals surface area contributed by atoms with Crippen molar-refractivity contribution in [3.63, 3.8) is 0 Å². The number of rotatable bonds is 1. The van der Waals surface area contributed by atoms with Crippen LogP contribution >= 0.6 is 0 Å². The molecule has 4 nitrogen and oxygen atoms in total. The van der Waals surface area contributed by atoms with Gasteiger partial charge in [-0.2, -0.15) is 10.4 Å². The third-order valence-electron chi connectivity index (χ3n) is 3.06. The lowest BCUT2D eigenvalue weighted by atomic mass is 10.0. The maximum absolute atomic E-state index is 9.09. The molecule has 0 spiro atoms. The summed E-state index contributed by atoms with van der Waals surface area (Å²) in [5, 5.41) is 13.6. The minimum absolute atomic E-state index is 0.103. The summed E-state index contributed by atoms with van der Waals surface area (Å²) in [6.45, 7) is 0.868. The van der Waals surface area contributed by atoms with E-state index in [4.69, 9.17) is 5.26 Å². The van der Waals surface area contributed by atoms with Gasteiger partial charge in [0, 0.05) is 12.1 Å². The summed E-state index contributed by atoms with van der Waals surface area (Å²) >= 11 is 0. The molecule has 84 valence electrons. The minimum atomic E-state index is -0.103. The highest BCUT2D eigenvalue weighted by atomic mass is 15.4. The standard InChI is InChI=1S/C13H12N4/c14-9-11-7-4-8-17-13(11)15-12(16-17)10-5-2-1-3-6-10/h1-3,5-6,11H,4,7-8H2. The highest BCUT2D eigenvalue weighted by molar-refractivity contribution is 5.54. The predicted molar refractivity (Wildman–Crippen MR) is 63.0 cm³/mol. The number of hydrogen-bond donors (Lipinski definition) is 0. The van der Waals surface area contributed by atoms with Crippen molar-refractivity contribution in [2.75, 3.05) is 0 Å². The Hall–Kier alpha value is -2.15. The summed E-state index contributed by atoms with van der Waals surface area (Å²) in [6.07, 6.45) is 1.90. The van der Waals surface area contributed by atoms with Crippen LogP contribution < -0.4 is 0 Å². The maximum atomic E-state index is 9.09. The fraction of sp³-hybridized carbons (Fsp3) is 0.308. The topological polar surface area (TPSA) is 54.5 Å². The first-order valence-corrected chi connectivity index (χ1v) is 5.78. The molecule has 0 saturated heterocycles. The molecule has 2 heterocycles. The third-order valence-corrected chi connectivity index (χ3v) is 3.06. The molecule has 0 amide bonds. The quantitative estimate of drug-likeness (QED) is 0.747. The number of aryl methyl sites for hydroxylation is 1. The molecular weight excluding hydrogens is 212 g/mol. The molecule has 1 aromatic carbocycles. The van der Waals surface area contributed by atoms with E-state index in [0.29, 0.717) is 0 Å². The molecule has 2 aromatic rings. The molecule has 0 bridgehead atoms. The number of nitrogens with zero attached hydrogens (tertiary/aromatic N) is 4. The van der Waals surface area contributed by atoms with Crippen LogP contribution in [0.5, 0.6) is 0 Å². The lowest BCUT2D eigenvalue weighted by Gasteiger charge is -2.15. The molecule has 1 unspecified atom stereocenters. The first-order chi connectivity index (χ1) is 8.38. The highest BCUT2D eigenvalue weighted by Crippen LogP contribution is 2.27. The fourth-order valence-electron chi connectivity index (χ4n) is 2.18. The molecule has 4 heteroatoms. The zero-order chi connectivity index (χ0) is 11.7. The van der Waals surface area contributed by atoms with E-state index in [0.717, 1.165) is 36.6 Å². The molecule has 0 fully saturated rings. The highest BCUT2D eigenvalue weighted by Gasteiger charge is 2.24. The number of fused-ring (bicyclic) bond motifs is 1. The smallest absolute Gasteiger partial charge is 0.181 e.